The van der Waals surface area contributed by atoms with E-state index >= 15 is 0 Å². The van der Waals surface area contributed by atoms with Crippen LogP contribution in [-0.2, 0) is 21.2 Å². The van der Waals surface area contributed by atoms with Crippen molar-refractivity contribution >= 4 is 27.3 Å². The van der Waals surface area contributed by atoms with Gasteiger partial charge in [-0.05, 0) is 55.2 Å². The fraction of sp³-hybridized carbons (Fsp3) is 0.360. The quantitative estimate of drug-likeness (QED) is 0.530. The molecule has 34 heavy (non-hydrogen) atoms. The van der Waals surface area contributed by atoms with Crippen LogP contribution in [-0.4, -0.2) is 55.6 Å². The third kappa shape index (κ3) is 5.48. The van der Waals surface area contributed by atoms with Gasteiger partial charge in [-0.25, -0.2) is 13.1 Å². The molecule has 1 aliphatic heterocycles. The minimum absolute atomic E-state index is 0.178. The van der Waals surface area contributed by atoms with Crippen LogP contribution in [0.25, 0.3) is 5.69 Å². The fourth-order valence-corrected chi connectivity index (χ4v) is 5.65. The minimum atomic E-state index is -3.59. The highest BCUT2D eigenvalue weighted by molar-refractivity contribution is 7.89. The number of anilines is 2. The van der Waals surface area contributed by atoms with Crippen molar-refractivity contribution in [1.82, 2.24) is 14.1 Å². The third-order valence-electron chi connectivity index (χ3n) is 5.97. The van der Waals surface area contributed by atoms with Crippen molar-refractivity contribution in [2.45, 2.75) is 37.0 Å². The van der Waals surface area contributed by atoms with Gasteiger partial charge in [-0.15, -0.1) is 0 Å². The van der Waals surface area contributed by atoms with Crippen molar-refractivity contribution < 1.29 is 13.2 Å². The molecule has 2 aromatic carbocycles. The highest BCUT2D eigenvalue weighted by Crippen LogP contribution is 2.30. The lowest BCUT2D eigenvalue weighted by atomic mass is 10.2. The molecule has 1 amide bonds. The van der Waals surface area contributed by atoms with E-state index in [-0.39, 0.29) is 17.2 Å². The minimum Gasteiger partial charge on any atom is -0.376 e. The van der Waals surface area contributed by atoms with Gasteiger partial charge < -0.3 is 10.2 Å². The predicted octanol–water partition coefficient (Wildman–Crippen LogP) is 3.68. The van der Waals surface area contributed by atoms with E-state index in [0.717, 1.165) is 36.2 Å². The number of benzene rings is 2. The molecule has 1 aliphatic rings. The highest BCUT2D eigenvalue weighted by Gasteiger charge is 2.27. The summed E-state index contributed by atoms with van der Waals surface area (Å²) in [6.07, 6.45) is 7.27. The number of nitrogens with zero attached hydrogens (tertiary/aromatic N) is 4. The van der Waals surface area contributed by atoms with Crippen LogP contribution in [0.3, 0.4) is 0 Å². The van der Waals surface area contributed by atoms with Gasteiger partial charge in [-0.3, -0.25) is 4.79 Å². The number of sulfonamides is 1. The number of aromatic nitrogens is 2. The Balaban J connectivity index is 1.46. The van der Waals surface area contributed by atoms with E-state index in [0.29, 0.717) is 25.2 Å². The Bertz CT molecular complexity index is 1230. The standard InChI is InChI=1S/C25H31N5O3S/c1-28(2)24-13-12-22(34(32,33)29-15-7-4-8-16-29)17-23(24)27-25(31)14-11-20-18-26-30(19-20)21-9-5-3-6-10-21/h3,5-6,9-10,12-13,17-19H,4,7-8,11,14-16H2,1-2H3,(H,27,31). The van der Waals surface area contributed by atoms with Gasteiger partial charge in [0.05, 0.1) is 28.2 Å². The number of piperidine rings is 1. The van der Waals surface area contributed by atoms with Gasteiger partial charge in [0.2, 0.25) is 15.9 Å². The number of amides is 1. The molecule has 1 fully saturated rings. The summed E-state index contributed by atoms with van der Waals surface area (Å²) in [5.41, 5.74) is 3.16. The monoisotopic (exact) mass is 481 g/mol. The molecule has 3 aromatic rings. The molecule has 0 saturated carbocycles. The Morgan fingerprint density at radius 2 is 1.79 bits per heavy atom. The van der Waals surface area contributed by atoms with Gasteiger partial charge in [0.15, 0.2) is 0 Å². The highest BCUT2D eigenvalue weighted by atomic mass is 32.2. The lowest BCUT2D eigenvalue weighted by molar-refractivity contribution is -0.116. The number of hydrogen-bond donors (Lipinski definition) is 1. The second-order valence-electron chi connectivity index (χ2n) is 8.72. The molecule has 8 nitrogen and oxygen atoms in total. The summed E-state index contributed by atoms with van der Waals surface area (Å²) < 4.78 is 29.6. The zero-order chi connectivity index (χ0) is 24.1. The van der Waals surface area contributed by atoms with Crippen molar-refractivity contribution in [3.8, 4) is 5.69 Å². The van der Waals surface area contributed by atoms with Gasteiger partial charge in [0, 0.05) is 39.8 Å². The lowest BCUT2D eigenvalue weighted by Gasteiger charge is -2.26. The molecule has 1 N–H and O–H groups in total. The third-order valence-corrected chi connectivity index (χ3v) is 7.87. The zero-order valence-corrected chi connectivity index (χ0v) is 20.5. The van der Waals surface area contributed by atoms with Crippen molar-refractivity contribution in [2.75, 3.05) is 37.4 Å². The van der Waals surface area contributed by atoms with Gasteiger partial charge in [-0.1, -0.05) is 24.6 Å². The van der Waals surface area contributed by atoms with Crippen LogP contribution >= 0.6 is 0 Å². The van der Waals surface area contributed by atoms with Crippen LogP contribution < -0.4 is 10.2 Å². The van der Waals surface area contributed by atoms with Crippen molar-refractivity contribution in [3.63, 3.8) is 0 Å². The first-order valence-corrected chi connectivity index (χ1v) is 13.0. The average Bonchev–Trinajstić information content (AvgIpc) is 3.33. The summed E-state index contributed by atoms with van der Waals surface area (Å²) in [5.74, 6) is -0.178. The van der Waals surface area contributed by atoms with Crippen molar-refractivity contribution in [1.29, 1.82) is 0 Å². The molecular formula is C25H31N5O3S. The Morgan fingerprint density at radius 1 is 1.06 bits per heavy atom. The first kappa shape index (κ1) is 24.0. The molecule has 0 unspecified atom stereocenters. The van der Waals surface area contributed by atoms with Crippen LogP contribution in [0.15, 0.2) is 65.8 Å². The maximum absolute atomic E-state index is 13.1. The van der Waals surface area contributed by atoms with Crippen LogP contribution in [0.5, 0.6) is 0 Å². The molecule has 1 saturated heterocycles. The predicted molar refractivity (Wildman–Crippen MR) is 134 cm³/mol. The van der Waals surface area contributed by atoms with Crippen molar-refractivity contribution in [2.24, 2.45) is 0 Å². The van der Waals surface area contributed by atoms with E-state index in [1.54, 1.807) is 29.1 Å². The second-order valence-corrected chi connectivity index (χ2v) is 10.7. The Labute approximate surface area is 201 Å². The van der Waals surface area contributed by atoms with Crippen LogP contribution in [0.2, 0.25) is 0 Å². The van der Waals surface area contributed by atoms with E-state index < -0.39 is 10.0 Å². The summed E-state index contributed by atoms with van der Waals surface area (Å²) in [7, 11) is 0.137. The normalized spacial score (nSPS) is 14.6. The van der Waals surface area contributed by atoms with E-state index in [4.69, 9.17) is 0 Å². The topological polar surface area (TPSA) is 87.5 Å². The van der Waals surface area contributed by atoms with Crippen LogP contribution in [0.1, 0.15) is 31.2 Å². The summed E-state index contributed by atoms with van der Waals surface area (Å²) in [4.78, 5) is 14.8. The lowest BCUT2D eigenvalue weighted by Crippen LogP contribution is -2.35. The number of nitrogens with one attached hydrogen (secondary N) is 1. The first-order chi connectivity index (χ1) is 16.3. The van der Waals surface area contributed by atoms with E-state index in [1.807, 2.05) is 55.5 Å². The second kappa shape index (κ2) is 10.4. The van der Waals surface area contributed by atoms with Gasteiger partial charge in [0.25, 0.3) is 0 Å². The van der Waals surface area contributed by atoms with Crippen LogP contribution in [0, 0.1) is 0 Å². The molecule has 0 aliphatic carbocycles. The largest absolute Gasteiger partial charge is 0.376 e. The summed E-state index contributed by atoms with van der Waals surface area (Å²) >= 11 is 0. The molecule has 180 valence electrons. The molecular weight excluding hydrogens is 450 g/mol. The SMILES string of the molecule is CN(C)c1ccc(S(=O)(=O)N2CCCCC2)cc1NC(=O)CCc1cnn(-c2ccccc2)c1. The van der Waals surface area contributed by atoms with E-state index in [1.165, 1.54) is 4.31 Å². The summed E-state index contributed by atoms with van der Waals surface area (Å²) in [5, 5.41) is 7.30. The van der Waals surface area contributed by atoms with Gasteiger partial charge >= 0.3 is 0 Å². The fourth-order valence-electron chi connectivity index (χ4n) is 4.10. The van der Waals surface area contributed by atoms with Gasteiger partial charge in [0.1, 0.15) is 0 Å². The number of carbonyl (C=O) groups excluding carboxylic acids is 1. The summed E-state index contributed by atoms with van der Waals surface area (Å²) in [6.45, 7) is 1.08. The molecule has 0 spiro atoms. The van der Waals surface area contributed by atoms with E-state index in [2.05, 4.69) is 10.4 Å². The first-order valence-electron chi connectivity index (χ1n) is 11.5. The molecule has 9 heteroatoms. The Hall–Kier alpha value is -3.17. The van der Waals surface area contributed by atoms with Crippen molar-refractivity contribution in [3.05, 3.63) is 66.5 Å². The number of aryl methyl sites for hydroxylation is 1. The zero-order valence-electron chi connectivity index (χ0n) is 19.6. The average molecular weight is 482 g/mol. The number of carbonyl (C=O) groups is 1. The number of rotatable bonds is 8. The Morgan fingerprint density at radius 3 is 2.50 bits per heavy atom. The molecule has 0 atom stereocenters. The smallest absolute Gasteiger partial charge is 0.243 e. The van der Waals surface area contributed by atoms with Gasteiger partial charge in [-0.2, -0.15) is 9.40 Å². The molecule has 0 bridgehead atoms. The maximum atomic E-state index is 13.1. The van der Waals surface area contributed by atoms with E-state index in [9.17, 15) is 13.2 Å². The van der Waals surface area contributed by atoms with Crippen LogP contribution in [0.4, 0.5) is 11.4 Å². The molecule has 0 radical (unpaired) electrons. The summed E-state index contributed by atoms with van der Waals surface area (Å²) in [6, 6.07) is 14.7. The molecule has 1 aromatic heterocycles. The number of hydrogen-bond acceptors (Lipinski definition) is 5. The molecule has 4 rings (SSSR count). The Kier molecular flexibility index (Phi) is 7.33. The molecule has 2 heterocycles. The maximum Gasteiger partial charge on any atom is 0.243 e. The number of para-hydroxylation sites is 1.